The third kappa shape index (κ3) is 2.82. The summed E-state index contributed by atoms with van der Waals surface area (Å²) in [4.78, 5) is 27.4. The lowest BCUT2D eigenvalue weighted by Gasteiger charge is -2.06. The molecule has 0 aliphatic heterocycles. The highest BCUT2D eigenvalue weighted by Gasteiger charge is 2.08. The van der Waals surface area contributed by atoms with Gasteiger partial charge < -0.3 is 0 Å². The standard InChI is InChI=1S/C24H14N6/c1-2-5-21-19(4-1)27-14-23(29-21)16-10-15-7-8-18(30-24(15)28-13-16)17-11-22-20(26-12-17)6-3-9-25-22/h1-14H. The lowest BCUT2D eigenvalue weighted by Crippen LogP contribution is -1.92. The monoisotopic (exact) mass is 386 g/mol. The van der Waals surface area contributed by atoms with Crippen LogP contribution in [0.3, 0.4) is 0 Å². The summed E-state index contributed by atoms with van der Waals surface area (Å²) in [5.74, 6) is 0. The average molecular weight is 386 g/mol. The minimum atomic E-state index is 0.672. The van der Waals surface area contributed by atoms with E-state index in [2.05, 4.69) is 19.9 Å². The molecule has 1 aromatic carbocycles. The fourth-order valence-electron chi connectivity index (χ4n) is 3.50. The Morgan fingerprint density at radius 3 is 2.23 bits per heavy atom. The van der Waals surface area contributed by atoms with Gasteiger partial charge in [0.25, 0.3) is 0 Å². The SMILES string of the molecule is c1cnc2cc(-c3ccc4cc(-c5cnc6ccccc6n5)cnc4n3)cnc2c1. The molecule has 6 heteroatoms. The smallest absolute Gasteiger partial charge is 0.159 e. The van der Waals surface area contributed by atoms with Crippen molar-refractivity contribution in [2.75, 3.05) is 0 Å². The Bertz CT molecular complexity index is 1440. The molecule has 6 aromatic rings. The molecule has 6 rings (SSSR count). The number of nitrogens with zero attached hydrogens (tertiary/aromatic N) is 6. The van der Waals surface area contributed by atoms with Gasteiger partial charge in [-0.3, -0.25) is 15.0 Å². The first-order valence-electron chi connectivity index (χ1n) is 9.54. The number of fused-ring (bicyclic) bond motifs is 3. The molecule has 30 heavy (non-hydrogen) atoms. The van der Waals surface area contributed by atoms with E-state index in [-0.39, 0.29) is 0 Å². The number of hydrogen-bond acceptors (Lipinski definition) is 6. The van der Waals surface area contributed by atoms with Crippen LogP contribution < -0.4 is 0 Å². The van der Waals surface area contributed by atoms with Crippen molar-refractivity contribution in [3.63, 3.8) is 0 Å². The molecule has 0 spiro atoms. The largest absolute Gasteiger partial charge is 0.255 e. The molecule has 0 atom stereocenters. The minimum absolute atomic E-state index is 0.672. The molecule has 0 amide bonds. The van der Waals surface area contributed by atoms with Gasteiger partial charge >= 0.3 is 0 Å². The van der Waals surface area contributed by atoms with Crippen molar-refractivity contribution in [1.82, 2.24) is 29.9 Å². The van der Waals surface area contributed by atoms with Gasteiger partial charge in [0, 0.05) is 35.1 Å². The minimum Gasteiger partial charge on any atom is -0.255 e. The zero-order valence-corrected chi connectivity index (χ0v) is 15.8. The number of pyridine rings is 4. The third-order valence-electron chi connectivity index (χ3n) is 5.03. The predicted molar refractivity (Wildman–Crippen MR) is 117 cm³/mol. The first-order chi connectivity index (χ1) is 14.8. The molecule has 0 radical (unpaired) electrons. The molecule has 0 aliphatic rings. The third-order valence-corrected chi connectivity index (χ3v) is 5.03. The van der Waals surface area contributed by atoms with Crippen LogP contribution in [-0.2, 0) is 0 Å². The van der Waals surface area contributed by atoms with E-state index >= 15 is 0 Å². The van der Waals surface area contributed by atoms with Gasteiger partial charge in [-0.15, -0.1) is 0 Å². The van der Waals surface area contributed by atoms with Crippen LogP contribution in [0.1, 0.15) is 0 Å². The summed E-state index contributed by atoms with van der Waals surface area (Å²) in [5, 5.41) is 0.943. The van der Waals surface area contributed by atoms with E-state index in [1.165, 1.54) is 0 Å². The molecule has 0 fully saturated rings. The van der Waals surface area contributed by atoms with E-state index in [4.69, 9.17) is 9.97 Å². The Hall–Kier alpha value is -4.32. The van der Waals surface area contributed by atoms with Crippen LogP contribution >= 0.6 is 0 Å². The van der Waals surface area contributed by atoms with Crippen molar-refractivity contribution in [1.29, 1.82) is 0 Å². The average Bonchev–Trinajstić information content (AvgIpc) is 2.83. The van der Waals surface area contributed by atoms with Crippen molar-refractivity contribution in [3.8, 4) is 22.5 Å². The first-order valence-corrected chi connectivity index (χ1v) is 9.54. The number of hydrogen-bond donors (Lipinski definition) is 0. The first kappa shape index (κ1) is 16.6. The molecular weight excluding hydrogens is 372 g/mol. The maximum absolute atomic E-state index is 4.72. The van der Waals surface area contributed by atoms with Crippen molar-refractivity contribution in [2.24, 2.45) is 0 Å². The summed E-state index contributed by atoms with van der Waals surface area (Å²) in [7, 11) is 0. The van der Waals surface area contributed by atoms with Gasteiger partial charge in [0.05, 0.1) is 39.7 Å². The van der Waals surface area contributed by atoms with Crippen molar-refractivity contribution in [2.45, 2.75) is 0 Å². The van der Waals surface area contributed by atoms with Gasteiger partial charge in [-0.2, -0.15) is 0 Å². The van der Waals surface area contributed by atoms with Crippen LogP contribution in [0.25, 0.3) is 55.6 Å². The van der Waals surface area contributed by atoms with Crippen LogP contribution in [0.15, 0.2) is 85.5 Å². The molecule has 0 saturated heterocycles. The van der Waals surface area contributed by atoms with Gasteiger partial charge in [0.1, 0.15) is 0 Å². The zero-order chi connectivity index (χ0) is 19.9. The maximum atomic E-state index is 4.72. The van der Waals surface area contributed by atoms with Crippen molar-refractivity contribution >= 4 is 33.1 Å². The number of benzene rings is 1. The normalized spacial score (nSPS) is 11.3. The zero-order valence-electron chi connectivity index (χ0n) is 15.8. The second-order valence-electron chi connectivity index (χ2n) is 6.98. The quantitative estimate of drug-likeness (QED) is 0.423. The number of aromatic nitrogens is 6. The van der Waals surface area contributed by atoms with E-state index in [0.29, 0.717) is 5.65 Å². The van der Waals surface area contributed by atoms with E-state index in [1.54, 1.807) is 18.6 Å². The highest BCUT2D eigenvalue weighted by Crippen LogP contribution is 2.25. The van der Waals surface area contributed by atoms with E-state index in [0.717, 1.165) is 50.0 Å². The Labute approximate surface area is 171 Å². The second kappa shape index (κ2) is 6.63. The van der Waals surface area contributed by atoms with E-state index in [9.17, 15) is 0 Å². The van der Waals surface area contributed by atoms with Gasteiger partial charge in [-0.25, -0.2) is 15.0 Å². The molecule has 5 aromatic heterocycles. The molecule has 0 N–H and O–H groups in total. The van der Waals surface area contributed by atoms with Crippen LogP contribution in [0.5, 0.6) is 0 Å². The fraction of sp³-hybridized carbons (Fsp3) is 0. The van der Waals surface area contributed by atoms with E-state index < -0.39 is 0 Å². The molecule has 6 nitrogen and oxygen atoms in total. The molecule has 0 aliphatic carbocycles. The molecule has 0 unspecified atom stereocenters. The van der Waals surface area contributed by atoms with Crippen molar-refractivity contribution < 1.29 is 0 Å². The molecular formula is C24H14N6. The summed E-state index contributed by atoms with van der Waals surface area (Å²) in [6, 6.07) is 19.7. The highest BCUT2D eigenvalue weighted by atomic mass is 14.9. The maximum Gasteiger partial charge on any atom is 0.159 e. The predicted octanol–water partition coefficient (Wildman–Crippen LogP) is 4.85. The molecule has 0 saturated carbocycles. The molecule has 5 heterocycles. The number of rotatable bonds is 2. The summed E-state index contributed by atoms with van der Waals surface area (Å²) in [5.41, 5.74) is 7.54. The van der Waals surface area contributed by atoms with Gasteiger partial charge in [0.2, 0.25) is 0 Å². The Kier molecular flexibility index (Phi) is 3.67. The van der Waals surface area contributed by atoms with Crippen molar-refractivity contribution in [3.05, 3.63) is 85.5 Å². The lowest BCUT2D eigenvalue weighted by atomic mass is 10.1. The highest BCUT2D eigenvalue weighted by molar-refractivity contribution is 5.85. The Balaban J connectivity index is 1.41. The van der Waals surface area contributed by atoms with Crippen LogP contribution in [0, 0.1) is 0 Å². The van der Waals surface area contributed by atoms with Crippen LogP contribution in [-0.4, -0.2) is 29.9 Å². The summed E-state index contributed by atoms with van der Waals surface area (Å²) in [6.45, 7) is 0. The molecule has 140 valence electrons. The summed E-state index contributed by atoms with van der Waals surface area (Å²) < 4.78 is 0. The Morgan fingerprint density at radius 1 is 0.500 bits per heavy atom. The molecule has 0 bridgehead atoms. The van der Waals surface area contributed by atoms with Gasteiger partial charge in [-0.05, 0) is 48.5 Å². The second-order valence-corrected chi connectivity index (χ2v) is 6.98. The fourth-order valence-corrected chi connectivity index (χ4v) is 3.50. The van der Waals surface area contributed by atoms with E-state index in [1.807, 2.05) is 66.9 Å². The number of para-hydroxylation sites is 2. The Morgan fingerprint density at radius 2 is 1.27 bits per heavy atom. The van der Waals surface area contributed by atoms with Crippen LogP contribution in [0.2, 0.25) is 0 Å². The van der Waals surface area contributed by atoms with Gasteiger partial charge in [0.15, 0.2) is 5.65 Å². The lowest BCUT2D eigenvalue weighted by molar-refractivity contribution is 1.25. The summed E-state index contributed by atoms with van der Waals surface area (Å²) >= 11 is 0. The topological polar surface area (TPSA) is 77.3 Å². The summed E-state index contributed by atoms with van der Waals surface area (Å²) in [6.07, 6.45) is 7.15. The van der Waals surface area contributed by atoms with Crippen LogP contribution in [0.4, 0.5) is 0 Å². The van der Waals surface area contributed by atoms with Gasteiger partial charge in [-0.1, -0.05) is 12.1 Å².